The molecule has 1 unspecified atom stereocenters. The van der Waals surface area contributed by atoms with E-state index in [9.17, 15) is 14.4 Å². The van der Waals surface area contributed by atoms with Crippen LogP contribution in [0.1, 0.15) is 40.0 Å². The molecule has 0 aliphatic carbocycles. The molecule has 3 heterocycles. The average molecular weight is 399 g/mol. The summed E-state index contributed by atoms with van der Waals surface area (Å²) in [5, 5.41) is 9.88. The number of aryl methyl sites for hydroxylation is 1. The lowest BCUT2D eigenvalue weighted by molar-refractivity contribution is -0.136. The normalized spacial score (nSPS) is 19.0. The van der Waals surface area contributed by atoms with Crippen molar-refractivity contribution in [2.75, 3.05) is 12.0 Å². The summed E-state index contributed by atoms with van der Waals surface area (Å²) < 4.78 is 4.22. The first-order valence-electron chi connectivity index (χ1n) is 9.15. The second-order valence-electron chi connectivity index (χ2n) is 7.00. The highest BCUT2D eigenvalue weighted by molar-refractivity contribution is 7.10. The van der Waals surface area contributed by atoms with Crippen LogP contribution in [0.3, 0.4) is 0 Å². The molecule has 0 radical (unpaired) electrons. The molecule has 9 heteroatoms. The first-order chi connectivity index (χ1) is 13.5. The quantitative estimate of drug-likeness (QED) is 0.385. The van der Waals surface area contributed by atoms with Gasteiger partial charge in [-0.05, 0) is 48.1 Å². The van der Waals surface area contributed by atoms with Crippen LogP contribution in [0.15, 0.2) is 24.3 Å². The van der Waals surface area contributed by atoms with Crippen molar-refractivity contribution < 1.29 is 14.4 Å². The second-order valence-corrected chi connectivity index (χ2v) is 7.81. The molecule has 8 nitrogen and oxygen atoms in total. The number of imide groups is 1. The lowest BCUT2D eigenvalue weighted by Crippen LogP contribution is -2.52. The molecular weight excluding hydrogens is 378 g/mol. The fourth-order valence-electron chi connectivity index (χ4n) is 3.52. The molecule has 1 saturated heterocycles. The van der Waals surface area contributed by atoms with Gasteiger partial charge >= 0.3 is 0 Å². The van der Waals surface area contributed by atoms with Crippen molar-refractivity contribution in [3.05, 3.63) is 46.6 Å². The number of amides is 3. The molecule has 146 valence electrons. The summed E-state index contributed by atoms with van der Waals surface area (Å²) in [6, 6.07) is 7.23. The van der Waals surface area contributed by atoms with Crippen molar-refractivity contribution in [1.29, 1.82) is 0 Å². The van der Waals surface area contributed by atoms with Gasteiger partial charge in [0.2, 0.25) is 11.8 Å². The van der Waals surface area contributed by atoms with Crippen molar-refractivity contribution >= 4 is 34.3 Å². The highest BCUT2D eigenvalue weighted by Crippen LogP contribution is 2.28. The van der Waals surface area contributed by atoms with Crippen molar-refractivity contribution in [2.24, 2.45) is 0 Å². The van der Waals surface area contributed by atoms with E-state index in [4.69, 9.17) is 0 Å². The van der Waals surface area contributed by atoms with Crippen LogP contribution in [0.4, 0.5) is 5.00 Å². The number of nitrogens with zero attached hydrogens (tertiary/aromatic N) is 2. The number of piperidine rings is 1. The Morgan fingerprint density at radius 1 is 1.29 bits per heavy atom. The predicted octanol–water partition coefficient (Wildman–Crippen LogP) is 1.37. The summed E-state index contributed by atoms with van der Waals surface area (Å²) in [7, 11) is 0. The van der Waals surface area contributed by atoms with E-state index in [1.54, 1.807) is 4.90 Å². The third-order valence-electron chi connectivity index (χ3n) is 4.94. The molecular formula is C19H21N5O3S. The first-order valence-corrected chi connectivity index (χ1v) is 9.93. The molecule has 0 bridgehead atoms. The van der Waals surface area contributed by atoms with Crippen LogP contribution in [0.25, 0.3) is 0 Å². The Morgan fingerprint density at radius 2 is 2.14 bits per heavy atom. The smallest absolute Gasteiger partial charge is 0.255 e. The second kappa shape index (κ2) is 7.69. The summed E-state index contributed by atoms with van der Waals surface area (Å²) in [5.41, 5.74) is 3.54. The van der Waals surface area contributed by atoms with Gasteiger partial charge in [-0.3, -0.25) is 25.0 Å². The Kier molecular flexibility index (Phi) is 5.10. The van der Waals surface area contributed by atoms with E-state index in [0.29, 0.717) is 31.7 Å². The Morgan fingerprint density at radius 3 is 2.89 bits per heavy atom. The minimum absolute atomic E-state index is 0.149. The van der Waals surface area contributed by atoms with Gasteiger partial charge in [-0.2, -0.15) is 4.37 Å². The first kappa shape index (κ1) is 18.6. The molecule has 2 aromatic rings. The summed E-state index contributed by atoms with van der Waals surface area (Å²) in [5.74, 6) is -0.811. The predicted molar refractivity (Wildman–Crippen MR) is 105 cm³/mol. The topological polar surface area (TPSA) is 103 Å². The fraction of sp³-hybridized carbons (Fsp3) is 0.368. The van der Waals surface area contributed by atoms with Crippen molar-refractivity contribution in [2.45, 2.75) is 38.9 Å². The molecule has 1 fully saturated rings. The number of anilines is 1. The molecule has 1 aromatic heterocycles. The Labute approximate surface area is 166 Å². The van der Waals surface area contributed by atoms with E-state index in [0.717, 1.165) is 21.8 Å². The van der Waals surface area contributed by atoms with E-state index >= 15 is 0 Å². The number of hydrogen-bond acceptors (Lipinski definition) is 7. The molecule has 2 aliphatic heterocycles. The van der Waals surface area contributed by atoms with E-state index in [1.165, 1.54) is 11.5 Å². The standard InChI is InChI=1S/C19H21N5O3S/c1-11-6-17(28-23-11)21-10-20-8-12-2-3-13-9-24(19(27)14(13)7-12)15-4-5-16(25)22-18(15)26/h2-3,6-7,15,20-21H,4-5,8-10H2,1H3,(H,22,25,26). The van der Waals surface area contributed by atoms with E-state index in [1.807, 2.05) is 31.2 Å². The van der Waals surface area contributed by atoms with Crippen molar-refractivity contribution in [1.82, 2.24) is 19.9 Å². The summed E-state index contributed by atoms with van der Waals surface area (Å²) in [4.78, 5) is 37.8. The highest BCUT2D eigenvalue weighted by Gasteiger charge is 2.38. The molecule has 1 atom stereocenters. The van der Waals surface area contributed by atoms with Gasteiger partial charge in [-0.25, -0.2) is 0 Å². The maximum Gasteiger partial charge on any atom is 0.255 e. The zero-order chi connectivity index (χ0) is 19.7. The number of carbonyl (C=O) groups is 3. The number of benzene rings is 1. The van der Waals surface area contributed by atoms with Gasteiger partial charge < -0.3 is 10.2 Å². The van der Waals surface area contributed by atoms with Crippen LogP contribution in [0, 0.1) is 6.92 Å². The number of aromatic nitrogens is 1. The zero-order valence-corrected chi connectivity index (χ0v) is 16.3. The Hall–Kier alpha value is -2.78. The summed E-state index contributed by atoms with van der Waals surface area (Å²) >= 11 is 1.42. The molecule has 3 amide bonds. The largest absolute Gasteiger partial charge is 0.363 e. The van der Waals surface area contributed by atoms with Gasteiger partial charge in [0.25, 0.3) is 5.91 Å². The number of hydrogen-bond donors (Lipinski definition) is 3. The average Bonchev–Trinajstić information content (AvgIpc) is 3.22. The molecule has 0 saturated carbocycles. The van der Waals surface area contributed by atoms with Crippen molar-refractivity contribution in [3.63, 3.8) is 0 Å². The molecule has 3 N–H and O–H groups in total. The van der Waals surface area contributed by atoms with E-state index < -0.39 is 6.04 Å². The maximum atomic E-state index is 12.8. The minimum atomic E-state index is -0.578. The van der Waals surface area contributed by atoms with Gasteiger partial charge in [-0.1, -0.05) is 12.1 Å². The van der Waals surface area contributed by atoms with E-state index in [-0.39, 0.29) is 24.1 Å². The zero-order valence-electron chi connectivity index (χ0n) is 15.4. The molecule has 4 rings (SSSR count). The molecule has 0 spiro atoms. The van der Waals surface area contributed by atoms with Crippen LogP contribution in [0.5, 0.6) is 0 Å². The number of carbonyl (C=O) groups excluding carboxylic acids is 3. The number of rotatable bonds is 6. The fourth-order valence-corrected chi connectivity index (χ4v) is 4.17. The molecule has 1 aromatic carbocycles. The van der Waals surface area contributed by atoms with Gasteiger partial charge in [0.15, 0.2) is 0 Å². The Bertz CT molecular complexity index is 941. The van der Waals surface area contributed by atoms with Gasteiger partial charge in [0.1, 0.15) is 11.0 Å². The minimum Gasteiger partial charge on any atom is -0.363 e. The van der Waals surface area contributed by atoms with Gasteiger partial charge in [-0.15, -0.1) is 0 Å². The van der Waals surface area contributed by atoms with Crippen molar-refractivity contribution in [3.8, 4) is 0 Å². The monoisotopic (exact) mass is 399 g/mol. The molecule has 28 heavy (non-hydrogen) atoms. The number of fused-ring (bicyclic) bond motifs is 1. The summed E-state index contributed by atoms with van der Waals surface area (Å²) in [6.07, 6.45) is 0.638. The van der Waals surface area contributed by atoms with Gasteiger partial charge in [0.05, 0.1) is 12.4 Å². The van der Waals surface area contributed by atoms with Crippen LogP contribution >= 0.6 is 11.5 Å². The van der Waals surface area contributed by atoms with E-state index in [2.05, 4.69) is 20.3 Å². The highest BCUT2D eigenvalue weighted by atomic mass is 32.1. The van der Waals surface area contributed by atoms with Crippen LogP contribution in [-0.4, -0.2) is 39.7 Å². The lowest BCUT2D eigenvalue weighted by atomic mass is 10.0. The third-order valence-corrected chi connectivity index (χ3v) is 5.78. The van der Waals surface area contributed by atoms with Crippen LogP contribution < -0.4 is 16.0 Å². The number of nitrogens with one attached hydrogen (secondary N) is 3. The van der Waals surface area contributed by atoms with Crippen LogP contribution in [0.2, 0.25) is 0 Å². The SMILES string of the molecule is Cc1cc(NCNCc2ccc3c(c2)C(=O)N(C2CCC(=O)NC2=O)C3)sn1. The van der Waals surface area contributed by atoms with Gasteiger partial charge in [0, 0.05) is 25.1 Å². The molecule has 2 aliphatic rings. The third kappa shape index (κ3) is 3.76. The maximum absolute atomic E-state index is 12.8. The Balaban J connectivity index is 1.36. The lowest BCUT2D eigenvalue weighted by Gasteiger charge is -2.29. The summed E-state index contributed by atoms with van der Waals surface area (Å²) in [6.45, 7) is 3.56. The van der Waals surface area contributed by atoms with Crippen LogP contribution in [-0.2, 0) is 22.7 Å².